The third kappa shape index (κ3) is 8.18. The zero-order valence-electron chi connectivity index (χ0n) is 29.8. The van der Waals surface area contributed by atoms with Gasteiger partial charge in [0.25, 0.3) is 11.0 Å². The average Bonchev–Trinajstić information content (AvgIpc) is 3.90. The van der Waals surface area contributed by atoms with E-state index in [1.54, 1.807) is 0 Å². The Morgan fingerprint density at radius 2 is 0.925 bits per heavy atom. The predicted molar refractivity (Wildman–Crippen MR) is 209 cm³/mol. The van der Waals surface area contributed by atoms with Crippen LogP contribution in [-0.2, 0) is 13.1 Å². The molecule has 0 radical (unpaired) electrons. The molecule has 2 N–H and O–H groups in total. The van der Waals surface area contributed by atoms with Crippen molar-refractivity contribution in [3.8, 4) is 11.5 Å². The molecule has 0 unspecified atom stereocenters. The van der Waals surface area contributed by atoms with Crippen molar-refractivity contribution in [1.29, 1.82) is 0 Å². The quantitative estimate of drug-likeness (QED) is 0.142. The molecule has 0 saturated carbocycles. The third-order valence-corrected chi connectivity index (χ3v) is 8.77. The van der Waals surface area contributed by atoms with E-state index in [4.69, 9.17) is 18.3 Å². The Bertz CT molecular complexity index is 2110. The molecule has 2 aromatic heterocycles. The summed E-state index contributed by atoms with van der Waals surface area (Å²) in [5.41, 5.74) is 6.23. The maximum atomic E-state index is 5.96. The summed E-state index contributed by atoms with van der Waals surface area (Å²) in [6, 6.07) is 32.4. The summed E-state index contributed by atoms with van der Waals surface area (Å²) >= 11 is 0. The van der Waals surface area contributed by atoms with Gasteiger partial charge in [-0.1, -0.05) is 56.0 Å². The molecular weight excluding hydrogens is 779 g/mol. The Morgan fingerprint density at radius 3 is 1.32 bits per heavy atom. The van der Waals surface area contributed by atoms with E-state index >= 15 is 0 Å². The summed E-state index contributed by atoms with van der Waals surface area (Å²) < 4.78 is 28.2. The van der Waals surface area contributed by atoms with Crippen LogP contribution in [0.25, 0.3) is 34.4 Å². The predicted octanol–water partition coefficient (Wildman–Crippen LogP) is 5.84. The van der Waals surface area contributed by atoms with Crippen molar-refractivity contribution in [3.63, 3.8) is 0 Å². The number of oxazole rings is 2. The van der Waals surface area contributed by atoms with Crippen molar-refractivity contribution < 1.29 is 56.9 Å². The Hall–Kier alpha value is -5.33. The van der Waals surface area contributed by atoms with Gasteiger partial charge in [-0.25, -0.2) is 0 Å². The van der Waals surface area contributed by atoms with Crippen molar-refractivity contribution in [2.24, 2.45) is 0 Å². The molecule has 0 atom stereocenters. The van der Waals surface area contributed by atoms with E-state index in [9.17, 15) is 0 Å². The fourth-order valence-electron chi connectivity index (χ4n) is 6.44. The zero-order chi connectivity index (χ0) is 34.5. The van der Waals surface area contributed by atoms with Gasteiger partial charge in [-0.05, 0) is 88.4 Å². The number of hydrogen-bond donors (Lipinski definition) is 0. The summed E-state index contributed by atoms with van der Waals surface area (Å²) in [4.78, 5) is 4.32. The molecule has 53 heavy (non-hydrogen) atoms. The normalized spacial score (nSPS) is 14.4. The van der Waals surface area contributed by atoms with Gasteiger partial charge in [0.1, 0.15) is 13.1 Å². The molecular formula is C43H48IN4O5+. The van der Waals surface area contributed by atoms with Crippen LogP contribution >= 0.6 is 0 Å². The standard InChI is InChI=1S/2C21H21N2O2.CH4.HI.H2O/c2*1-3-22-16-10-5-7-12-18(16)24-20(22)14-9-15-21-23(4-2)17-11-6-8-13-19(17)25-21;;;/h2*5-15H,3-4H2,1-2H3;1H4;1H;1H2/q2*+1;;;/p-1. The van der Waals surface area contributed by atoms with Crippen molar-refractivity contribution >= 4 is 45.7 Å². The van der Waals surface area contributed by atoms with Crippen LogP contribution in [0.4, 0.5) is 11.4 Å². The number of halogens is 1. The number of allylic oxidation sites excluding steroid dienone is 4. The van der Waals surface area contributed by atoms with Gasteiger partial charge in [-0.15, -0.1) is 0 Å². The molecule has 2 aliphatic heterocycles. The largest absolute Gasteiger partial charge is 1.00 e. The van der Waals surface area contributed by atoms with Gasteiger partial charge in [-0.2, -0.15) is 9.13 Å². The van der Waals surface area contributed by atoms with E-state index in [-0.39, 0.29) is 36.9 Å². The first-order valence-electron chi connectivity index (χ1n) is 17.3. The molecule has 10 heteroatoms. The Balaban J connectivity index is 0.000000224. The molecule has 276 valence electrons. The van der Waals surface area contributed by atoms with E-state index in [0.717, 1.165) is 94.8 Å². The molecule has 6 aromatic rings. The van der Waals surface area contributed by atoms with Crippen LogP contribution in [0, 0.1) is 0 Å². The SMILES string of the molecule is C.CCN1C(=CC=Cc2oc3ccccc3[n+]2CC)Oc2ccccc21.CCN1C(=CC=Cc2oc3ccccc3[n+]2CC)Oc2ccccc21.O.[I-]. The molecule has 4 aromatic carbocycles. The molecule has 0 bridgehead atoms. The highest BCUT2D eigenvalue weighted by Crippen LogP contribution is 2.39. The number of fused-ring (bicyclic) bond motifs is 4. The van der Waals surface area contributed by atoms with Gasteiger partial charge in [0.05, 0.1) is 23.5 Å². The Morgan fingerprint density at radius 1 is 0.547 bits per heavy atom. The molecule has 9 nitrogen and oxygen atoms in total. The molecule has 0 spiro atoms. The number of anilines is 2. The van der Waals surface area contributed by atoms with Gasteiger partial charge in [0.15, 0.2) is 11.5 Å². The lowest BCUT2D eigenvalue weighted by Crippen LogP contribution is -3.00. The van der Waals surface area contributed by atoms with Crippen molar-refractivity contribution in [3.05, 3.63) is 145 Å². The lowest BCUT2D eigenvalue weighted by Gasteiger charge is -2.14. The number of hydrogen-bond acceptors (Lipinski definition) is 6. The lowest BCUT2D eigenvalue weighted by atomic mass is 10.3. The van der Waals surface area contributed by atoms with E-state index in [1.165, 1.54) is 0 Å². The van der Waals surface area contributed by atoms with E-state index < -0.39 is 0 Å². The van der Waals surface area contributed by atoms with Crippen molar-refractivity contribution in [1.82, 2.24) is 0 Å². The smallest absolute Gasteiger partial charge is 0.374 e. The Labute approximate surface area is 328 Å². The molecule has 0 aliphatic carbocycles. The number of rotatable bonds is 8. The number of ether oxygens (including phenoxy) is 2. The summed E-state index contributed by atoms with van der Waals surface area (Å²) in [6.07, 6.45) is 11.9. The van der Waals surface area contributed by atoms with E-state index in [1.807, 2.05) is 109 Å². The monoisotopic (exact) mass is 827 g/mol. The summed E-state index contributed by atoms with van der Waals surface area (Å²) in [5, 5.41) is 0. The maximum absolute atomic E-state index is 5.96. The highest BCUT2D eigenvalue weighted by Gasteiger charge is 2.25. The minimum absolute atomic E-state index is 0. The van der Waals surface area contributed by atoms with Crippen LogP contribution < -0.4 is 52.4 Å². The zero-order valence-corrected chi connectivity index (χ0v) is 32.0. The van der Waals surface area contributed by atoms with Crippen LogP contribution in [-0.4, -0.2) is 18.6 Å². The van der Waals surface area contributed by atoms with Crippen LogP contribution in [0.1, 0.15) is 46.9 Å². The first-order chi connectivity index (χ1) is 24.6. The van der Waals surface area contributed by atoms with Gasteiger partial charge >= 0.3 is 11.8 Å². The second kappa shape index (κ2) is 18.4. The number of nitrogens with zero attached hydrogens (tertiary/aromatic N) is 4. The highest BCUT2D eigenvalue weighted by molar-refractivity contribution is 5.71. The number of aromatic nitrogens is 2. The second-order valence-corrected chi connectivity index (χ2v) is 11.7. The fourth-order valence-corrected chi connectivity index (χ4v) is 6.44. The molecule has 0 fully saturated rings. The maximum Gasteiger partial charge on any atom is 0.374 e. The van der Waals surface area contributed by atoms with E-state index in [2.05, 4.69) is 70.9 Å². The molecule has 2 aliphatic rings. The minimum Gasteiger partial charge on any atom is -1.00 e. The fraction of sp³-hybridized carbons (Fsp3) is 0.209. The number of para-hydroxylation sites is 8. The third-order valence-electron chi connectivity index (χ3n) is 8.77. The molecule has 0 saturated heterocycles. The highest BCUT2D eigenvalue weighted by atomic mass is 127. The van der Waals surface area contributed by atoms with Crippen LogP contribution in [0.15, 0.2) is 142 Å². The van der Waals surface area contributed by atoms with Gasteiger partial charge in [-0.3, -0.25) is 0 Å². The lowest BCUT2D eigenvalue weighted by molar-refractivity contribution is -0.674. The summed E-state index contributed by atoms with van der Waals surface area (Å²) in [5.74, 6) is 5.13. The van der Waals surface area contributed by atoms with Crippen LogP contribution in [0.2, 0.25) is 0 Å². The van der Waals surface area contributed by atoms with Gasteiger partial charge < -0.3 is 57.6 Å². The van der Waals surface area contributed by atoms with Crippen LogP contribution in [0.5, 0.6) is 11.5 Å². The Kier molecular flexibility index (Phi) is 14.1. The number of aryl methyl sites for hydroxylation is 2. The molecule has 4 heterocycles. The molecule has 0 amide bonds. The van der Waals surface area contributed by atoms with E-state index in [0.29, 0.717) is 0 Å². The molecule has 8 rings (SSSR count). The summed E-state index contributed by atoms with van der Waals surface area (Å²) in [6.45, 7) is 11.9. The van der Waals surface area contributed by atoms with Gasteiger partial charge in [0.2, 0.25) is 22.9 Å². The van der Waals surface area contributed by atoms with Crippen molar-refractivity contribution in [2.45, 2.75) is 48.2 Å². The average molecular weight is 828 g/mol. The minimum atomic E-state index is 0. The second-order valence-electron chi connectivity index (χ2n) is 11.7. The van der Waals surface area contributed by atoms with Crippen LogP contribution in [0.3, 0.4) is 0 Å². The van der Waals surface area contributed by atoms with Gasteiger partial charge in [0, 0.05) is 25.2 Å². The number of benzene rings is 4. The topological polar surface area (TPSA) is 90.5 Å². The first-order valence-corrected chi connectivity index (χ1v) is 17.3. The first kappa shape index (κ1) is 40.4. The van der Waals surface area contributed by atoms with Crippen molar-refractivity contribution in [2.75, 3.05) is 22.9 Å². The summed E-state index contributed by atoms with van der Waals surface area (Å²) in [7, 11) is 0.